The summed E-state index contributed by atoms with van der Waals surface area (Å²) in [6, 6.07) is 5.90. The van der Waals surface area contributed by atoms with Gasteiger partial charge in [0.15, 0.2) is 11.5 Å². The number of allylic oxidation sites excluding steroid dienone is 2. The zero-order valence-electron chi connectivity index (χ0n) is 12.0. The summed E-state index contributed by atoms with van der Waals surface area (Å²) < 4.78 is 9.97. The Morgan fingerprint density at radius 1 is 1.41 bits per heavy atom. The van der Waals surface area contributed by atoms with E-state index in [1.54, 1.807) is 0 Å². The first-order chi connectivity index (χ1) is 10.4. The van der Waals surface area contributed by atoms with Gasteiger partial charge in [-0.2, -0.15) is 5.26 Å². The Kier molecular flexibility index (Phi) is 3.95. The van der Waals surface area contributed by atoms with Gasteiger partial charge in [0.25, 0.3) is 0 Å². The third-order valence-electron chi connectivity index (χ3n) is 3.34. The highest BCUT2D eigenvalue weighted by Crippen LogP contribution is 2.41. The lowest BCUT2D eigenvalue weighted by atomic mass is 9.83. The first-order valence-corrected chi connectivity index (χ1v) is 6.29. The lowest BCUT2D eigenvalue weighted by Gasteiger charge is -2.26. The van der Waals surface area contributed by atoms with Gasteiger partial charge < -0.3 is 25.4 Å². The number of rotatable bonds is 2. The highest BCUT2D eigenvalue weighted by atomic mass is 16.5. The summed E-state index contributed by atoms with van der Waals surface area (Å²) >= 11 is 0. The van der Waals surface area contributed by atoms with Crippen LogP contribution in [0.3, 0.4) is 0 Å². The van der Waals surface area contributed by atoms with Gasteiger partial charge in [-0.3, -0.25) is 0 Å². The van der Waals surface area contributed by atoms with Crippen molar-refractivity contribution < 1.29 is 24.5 Å². The van der Waals surface area contributed by atoms with E-state index in [1.807, 2.05) is 6.07 Å². The van der Waals surface area contributed by atoms with Crippen LogP contribution in [0.25, 0.3) is 0 Å². The van der Waals surface area contributed by atoms with Gasteiger partial charge in [0.2, 0.25) is 5.88 Å². The van der Waals surface area contributed by atoms with E-state index < -0.39 is 11.9 Å². The standard InChI is InChI=1S/C15H14N2O5/c1-7-12(15(20)21-2)13(9(6-16)14(17)22-7)8-3-4-10(18)11(19)5-8/h3-5,13,18-19H,17H2,1-2H3. The molecule has 4 N–H and O–H groups in total. The minimum atomic E-state index is -0.849. The number of methoxy groups -OCH3 is 1. The molecule has 7 nitrogen and oxygen atoms in total. The molecule has 0 saturated heterocycles. The number of hydrogen-bond acceptors (Lipinski definition) is 7. The van der Waals surface area contributed by atoms with Crippen LogP contribution in [0.1, 0.15) is 18.4 Å². The average molecular weight is 302 g/mol. The molecular formula is C15H14N2O5. The average Bonchev–Trinajstić information content (AvgIpc) is 2.48. The van der Waals surface area contributed by atoms with Gasteiger partial charge in [0.1, 0.15) is 17.4 Å². The molecular weight excluding hydrogens is 288 g/mol. The van der Waals surface area contributed by atoms with Crippen molar-refractivity contribution in [3.63, 3.8) is 0 Å². The molecule has 7 heteroatoms. The minimum absolute atomic E-state index is 0.0242. The summed E-state index contributed by atoms with van der Waals surface area (Å²) in [6.45, 7) is 1.53. The van der Waals surface area contributed by atoms with Crippen LogP contribution in [0.2, 0.25) is 0 Å². The SMILES string of the molecule is COC(=O)C1=C(C)OC(N)=C(C#N)C1c1ccc(O)c(O)c1. The molecule has 0 radical (unpaired) electrons. The van der Waals surface area contributed by atoms with E-state index in [9.17, 15) is 20.3 Å². The van der Waals surface area contributed by atoms with Gasteiger partial charge in [0, 0.05) is 0 Å². The maximum Gasteiger partial charge on any atom is 0.338 e. The zero-order valence-corrected chi connectivity index (χ0v) is 12.0. The highest BCUT2D eigenvalue weighted by molar-refractivity contribution is 5.92. The number of carbonyl (C=O) groups is 1. The van der Waals surface area contributed by atoms with Crippen LogP contribution >= 0.6 is 0 Å². The van der Waals surface area contributed by atoms with Crippen molar-refractivity contribution in [3.8, 4) is 17.6 Å². The summed E-state index contributed by atoms with van der Waals surface area (Å²) in [6.07, 6.45) is 0. The molecule has 0 aromatic heterocycles. The van der Waals surface area contributed by atoms with Crippen molar-refractivity contribution in [1.29, 1.82) is 5.26 Å². The fraction of sp³-hybridized carbons (Fsp3) is 0.200. The maximum atomic E-state index is 12.0. The van der Waals surface area contributed by atoms with Crippen molar-refractivity contribution in [2.45, 2.75) is 12.8 Å². The molecule has 22 heavy (non-hydrogen) atoms. The van der Waals surface area contributed by atoms with Gasteiger partial charge in [0.05, 0.1) is 18.6 Å². The van der Waals surface area contributed by atoms with E-state index in [4.69, 9.17) is 15.2 Å². The van der Waals surface area contributed by atoms with Crippen LogP contribution in [0, 0.1) is 11.3 Å². The van der Waals surface area contributed by atoms with Crippen LogP contribution in [0.4, 0.5) is 0 Å². The predicted molar refractivity (Wildman–Crippen MR) is 75.1 cm³/mol. The first kappa shape index (κ1) is 15.3. The number of nitrogens with two attached hydrogens (primary N) is 1. The number of esters is 1. The first-order valence-electron chi connectivity index (χ1n) is 6.29. The molecule has 0 spiro atoms. The normalized spacial score (nSPS) is 17.8. The quantitative estimate of drug-likeness (QED) is 0.556. The molecule has 0 saturated carbocycles. The largest absolute Gasteiger partial charge is 0.504 e. The maximum absolute atomic E-state index is 12.0. The third-order valence-corrected chi connectivity index (χ3v) is 3.34. The number of nitriles is 1. The Bertz CT molecular complexity index is 743. The molecule has 0 fully saturated rings. The Morgan fingerprint density at radius 2 is 2.09 bits per heavy atom. The Labute approximate surface area is 126 Å². The van der Waals surface area contributed by atoms with Crippen molar-refractivity contribution in [2.75, 3.05) is 7.11 Å². The fourth-order valence-electron chi connectivity index (χ4n) is 2.31. The molecule has 0 amide bonds. The van der Waals surface area contributed by atoms with Crippen LogP contribution in [0.15, 0.2) is 41.0 Å². The minimum Gasteiger partial charge on any atom is -0.504 e. The summed E-state index contributed by atoms with van der Waals surface area (Å²) in [7, 11) is 1.21. The number of nitrogens with zero attached hydrogens (tertiary/aromatic N) is 1. The van der Waals surface area contributed by atoms with E-state index in [0.29, 0.717) is 5.56 Å². The second-order valence-electron chi connectivity index (χ2n) is 4.63. The second kappa shape index (κ2) is 5.69. The molecule has 1 aromatic carbocycles. The Balaban J connectivity index is 2.68. The van der Waals surface area contributed by atoms with E-state index >= 15 is 0 Å². The monoisotopic (exact) mass is 302 g/mol. The van der Waals surface area contributed by atoms with Crippen molar-refractivity contribution in [1.82, 2.24) is 0 Å². The van der Waals surface area contributed by atoms with Gasteiger partial charge in [-0.15, -0.1) is 0 Å². The molecule has 1 aliphatic rings. The molecule has 1 unspecified atom stereocenters. The third kappa shape index (κ3) is 2.42. The summed E-state index contributed by atoms with van der Waals surface area (Å²) in [5.41, 5.74) is 6.25. The predicted octanol–water partition coefficient (Wildman–Crippen LogP) is 1.35. The Hall–Kier alpha value is -3.14. The van der Waals surface area contributed by atoms with Gasteiger partial charge in [-0.05, 0) is 24.6 Å². The topological polar surface area (TPSA) is 126 Å². The van der Waals surface area contributed by atoms with E-state index in [1.165, 1.54) is 32.2 Å². The summed E-state index contributed by atoms with van der Waals surface area (Å²) in [5.74, 6) is -2.12. The van der Waals surface area contributed by atoms with Crippen LogP contribution in [0.5, 0.6) is 11.5 Å². The number of carbonyl (C=O) groups excluding carboxylic acids is 1. The number of aromatic hydroxyl groups is 2. The smallest absolute Gasteiger partial charge is 0.338 e. The summed E-state index contributed by atoms with van der Waals surface area (Å²) in [5, 5.41) is 28.4. The molecule has 1 atom stereocenters. The van der Waals surface area contributed by atoms with Crippen LogP contribution in [-0.4, -0.2) is 23.3 Å². The molecule has 1 aromatic rings. The highest BCUT2D eigenvalue weighted by Gasteiger charge is 2.36. The zero-order chi connectivity index (χ0) is 16.4. The van der Waals surface area contributed by atoms with E-state index in [2.05, 4.69) is 0 Å². The van der Waals surface area contributed by atoms with Gasteiger partial charge in [-0.25, -0.2) is 4.79 Å². The van der Waals surface area contributed by atoms with Crippen molar-refractivity contribution >= 4 is 5.97 Å². The molecule has 2 rings (SSSR count). The molecule has 1 heterocycles. The second-order valence-corrected chi connectivity index (χ2v) is 4.63. The molecule has 1 aliphatic heterocycles. The molecule has 114 valence electrons. The summed E-state index contributed by atoms with van der Waals surface area (Å²) in [4.78, 5) is 12.0. The van der Waals surface area contributed by atoms with Crippen LogP contribution in [-0.2, 0) is 14.3 Å². The van der Waals surface area contributed by atoms with Gasteiger partial charge in [-0.1, -0.05) is 6.07 Å². The number of phenols is 2. The van der Waals surface area contributed by atoms with E-state index in [-0.39, 0.29) is 34.3 Å². The fourth-order valence-corrected chi connectivity index (χ4v) is 2.31. The lowest BCUT2D eigenvalue weighted by molar-refractivity contribution is -0.136. The van der Waals surface area contributed by atoms with Crippen molar-refractivity contribution in [3.05, 3.63) is 46.6 Å². The number of hydrogen-bond donors (Lipinski definition) is 3. The van der Waals surface area contributed by atoms with Crippen LogP contribution < -0.4 is 5.73 Å². The number of phenolic OH excluding ortho intramolecular Hbond substituents is 2. The van der Waals surface area contributed by atoms with Crippen molar-refractivity contribution in [2.24, 2.45) is 5.73 Å². The molecule has 0 aliphatic carbocycles. The molecule has 0 bridgehead atoms. The number of ether oxygens (including phenoxy) is 2. The van der Waals surface area contributed by atoms with E-state index in [0.717, 1.165) is 0 Å². The van der Waals surface area contributed by atoms with Gasteiger partial charge >= 0.3 is 5.97 Å². The Morgan fingerprint density at radius 3 is 2.64 bits per heavy atom. The lowest BCUT2D eigenvalue weighted by Crippen LogP contribution is -2.25. The number of benzene rings is 1.